The molecule has 1 aliphatic carbocycles. The molecule has 1 saturated carbocycles. The second-order valence-electron chi connectivity index (χ2n) is 3.00. The third-order valence-corrected chi connectivity index (χ3v) is 2.10. The Bertz CT molecular complexity index is 128. The van der Waals surface area contributed by atoms with Gasteiger partial charge in [0.25, 0.3) is 0 Å². The van der Waals surface area contributed by atoms with Crippen LogP contribution in [0.4, 0.5) is 0 Å². The smallest absolute Gasteiger partial charge is 0.203 e. The summed E-state index contributed by atoms with van der Waals surface area (Å²) in [6, 6.07) is 0.465. The van der Waals surface area contributed by atoms with Crippen LogP contribution in [-0.4, -0.2) is 12.0 Å². The second-order valence-corrected chi connectivity index (χ2v) is 3.00. The molecule has 0 amide bonds. The van der Waals surface area contributed by atoms with Gasteiger partial charge in [-0.05, 0) is 12.8 Å². The van der Waals surface area contributed by atoms with E-state index < -0.39 is 0 Å². The molecule has 1 aliphatic rings. The minimum Gasteiger partial charge on any atom is -0.353 e. The summed E-state index contributed by atoms with van der Waals surface area (Å²) in [7, 11) is 0. The molecule has 0 spiro atoms. The Labute approximate surface area is 67.0 Å². The fraction of sp³-hybridized carbons (Fsp3) is 0.857. The largest absolute Gasteiger partial charge is 0.353 e. The Hall–Kier alpha value is -0.770. The average Bonchev–Trinajstić information content (AvgIpc) is 2.06. The lowest BCUT2D eigenvalue weighted by Crippen LogP contribution is -2.46. The van der Waals surface area contributed by atoms with Gasteiger partial charge in [0, 0.05) is 6.04 Å². The summed E-state index contributed by atoms with van der Waals surface area (Å²) in [6.45, 7) is 0. The molecule has 0 aromatic rings. The molecule has 0 heterocycles. The standard InChI is InChI=1S/C7H16N4/c8-7(11-9)10-6-4-2-1-3-5-6/h6H,1-5,9H2,(H3,8,10,11). The van der Waals surface area contributed by atoms with E-state index in [9.17, 15) is 0 Å². The second kappa shape index (κ2) is 4.18. The summed E-state index contributed by atoms with van der Waals surface area (Å²) in [5.74, 6) is 5.29. The van der Waals surface area contributed by atoms with E-state index in [1.54, 1.807) is 0 Å². The normalized spacial score (nSPS) is 19.4. The average molecular weight is 156 g/mol. The number of hydrazine groups is 1. The molecule has 4 heteroatoms. The van der Waals surface area contributed by atoms with Gasteiger partial charge in [-0.25, -0.2) is 5.84 Å². The summed E-state index contributed by atoms with van der Waals surface area (Å²) in [6.07, 6.45) is 6.22. The molecule has 1 fully saturated rings. The van der Waals surface area contributed by atoms with Gasteiger partial charge in [-0.1, -0.05) is 19.3 Å². The first-order valence-electron chi connectivity index (χ1n) is 4.14. The van der Waals surface area contributed by atoms with Crippen molar-refractivity contribution < 1.29 is 0 Å². The van der Waals surface area contributed by atoms with Gasteiger partial charge < -0.3 is 5.32 Å². The Morgan fingerprint density at radius 1 is 1.27 bits per heavy atom. The van der Waals surface area contributed by atoms with Crippen LogP contribution in [0.3, 0.4) is 0 Å². The van der Waals surface area contributed by atoms with Crippen molar-refractivity contribution in [2.24, 2.45) is 5.84 Å². The molecule has 64 valence electrons. The van der Waals surface area contributed by atoms with Gasteiger partial charge in [0.1, 0.15) is 0 Å². The van der Waals surface area contributed by atoms with Crippen molar-refractivity contribution in [2.45, 2.75) is 38.1 Å². The molecule has 0 aliphatic heterocycles. The van der Waals surface area contributed by atoms with Crippen molar-refractivity contribution in [3.63, 3.8) is 0 Å². The third kappa shape index (κ3) is 2.76. The Kier molecular flexibility index (Phi) is 3.16. The van der Waals surface area contributed by atoms with Gasteiger partial charge >= 0.3 is 0 Å². The van der Waals surface area contributed by atoms with Crippen LogP contribution >= 0.6 is 0 Å². The molecular formula is C7H16N4. The van der Waals surface area contributed by atoms with Crippen LogP contribution in [0.5, 0.6) is 0 Å². The zero-order valence-electron chi connectivity index (χ0n) is 6.69. The number of nitrogens with one attached hydrogen (secondary N) is 3. The predicted molar refractivity (Wildman–Crippen MR) is 45.1 cm³/mol. The lowest BCUT2D eigenvalue weighted by Gasteiger charge is -2.23. The quantitative estimate of drug-likeness (QED) is 0.191. The fourth-order valence-corrected chi connectivity index (χ4v) is 1.49. The maximum absolute atomic E-state index is 7.23. The topological polar surface area (TPSA) is 73.9 Å². The molecule has 0 unspecified atom stereocenters. The van der Waals surface area contributed by atoms with Crippen LogP contribution in [0.25, 0.3) is 0 Å². The molecular weight excluding hydrogens is 140 g/mol. The SMILES string of the molecule is N=C(NN)NC1CCCCC1. The van der Waals surface area contributed by atoms with E-state index in [1.807, 2.05) is 0 Å². The predicted octanol–water partition coefficient (Wildman–Crippen LogP) is 0.307. The lowest BCUT2D eigenvalue weighted by molar-refractivity contribution is 0.410. The highest BCUT2D eigenvalue weighted by atomic mass is 15.3. The maximum atomic E-state index is 7.23. The number of hydrogen-bond donors (Lipinski definition) is 4. The minimum atomic E-state index is 0.233. The van der Waals surface area contributed by atoms with Crippen LogP contribution in [0.1, 0.15) is 32.1 Å². The van der Waals surface area contributed by atoms with E-state index in [-0.39, 0.29) is 5.96 Å². The monoisotopic (exact) mass is 156 g/mol. The van der Waals surface area contributed by atoms with Crippen molar-refractivity contribution in [3.05, 3.63) is 0 Å². The van der Waals surface area contributed by atoms with Crippen molar-refractivity contribution in [1.82, 2.24) is 10.7 Å². The number of nitrogens with two attached hydrogens (primary N) is 1. The first-order valence-corrected chi connectivity index (χ1v) is 4.14. The molecule has 4 nitrogen and oxygen atoms in total. The van der Waals surface area contributed by atoms with Gasteiger partial charge in [0.2, 0.25) is 5.96 Å². The van der Waals surface area contributed by atoms with E-state index in [4.69, 9.17) is 11.3 Å². The molecule has 0 radical (unpaired) electrons. The first-order chi connectivity index (χ1) is 5.33. The van der Waals surface area contributed by atoms with E-state index in [2.05, 4.69) is 10.7 Å². The Balaban J connectivity index is 2.19. The summed E-state index contributed by atoms with van der Waals surface area (Å²) in [4.78, 5) is 0. The molecule has 11 heavy (non-hydrogen) atoms. The van der Waals surface area contributed by atoms with Crippen molar-refractivity contribution >= 4 is 5.96 Å². The van der Waals surface area contributed by atoms with Gasteiger partial charge in [0.05, 0.1) is 0 Å². The highest BCUT2D eigenvalue weighted by molar-refractivity contribution is 5.75. The summed E-state index contributed by atoms with van der Waals surface area (Å²) in [5, 5.41) is 10.2. The highest BCUT2D eigenvalue weighted by Gasteiger charge is 2.12. The van der Waals surface area contributed by atoms with Crippen LogP contribution in [0, 0.1) is 5.41 Å². The van der Waals surface area contributed by atoms with Gasteiger partial charge in [-0.3, -0.25) is 10.8 Å². The molecule has 0 aromatic heterocycles. The van der Waals surface area contributed by atoms with Crippen LogP contribution < -0.4 is 16.6 Å². The molecule has 0 atom stereocenters. The zero-order chi connectivity index (χ0) is 8.10. The fourth-order valence-electron chi connectivity index (χ4n) is 1.49. The van der Waals surface area contributed by atoms with Crippen LogP contribution in [0.2, 0.25) is 0 Å². The molecule has 5 N–H and O–H groups in total. The molecule has 0 saturated heterocycles. The minimum absolute atomic E-state index is 0.233. The van der Waals surface area contributed by atoms with Crippen LogP contribution in [-0.2, 0) is 0 Å². The van der Waals surface area contributed by atoms with E-state index in [1.165, 1.54) is 32.1 Å². The molecule has 0 bridgehead atoms. The molecule has 1 rings (SSSR count). The van der Waals surface area contributed by atoms with Gasteiger partial charge in [0.15, 0.2) is 0 Å². The summed E-state index contributed by atoms with van der Waals surface area (Å²) >= 11 is 0. The summed E-state index contributed by atoms with van der Waals surface area (Å²) in [5.41, 5.74) is 2.28. The maximum Gasteiger partial charge on any atom is 0.203 e. The van der Waals surface area contributed by atoms with Crippen molar-refractivity contribution in [3.8, 4) is 0 Å². The Morgan fingerprint density at radius 2 is 1.91 bits per heavy atom. The number of hydrogen-bond acceptors (Lipinski definition) is 2. The van der Waals surface area contributed by atoms with Crippen molar-refractivity contribution in [2.75, 3.05) is 0 Å². The zero-order valence-corrected chi connectivity index (χ0v) is 6.69. The lowest BCUT2D eigenvalue weighted by atomic mass is 9.96. The summed E-state index contributed by atoms with van der Waals surface area (Å²) < 4.78 is 0. The number of guanidine groups is 1. The van der Waals surface area contributed by atoms with Crippen molar-refractivity contribution in [1.29, 1.82) is 5.41 Å². The van der Waals surface area contributed by atoms with E-state index in [0.29, 0.717) is 6.04 Å². The van der Waals surface area contributed by atoms with E-state index in [0.717, 1.165) is 0 Å². The van der Waals surface area contributed by atoms with Gasteiger partial charge in [-0.2, -0.15) is 0 Å². The molecule has 0 aromatic carbocycles. The Morgan fingerprint density at radius 3 is 2.45 bits per heavy atom. The third-order valence-electron chi connectivity index (χ3n) is 2.10. The number of rotatable bonds is 1. The highest BCUT2D eigenvalue weighted by Crippen LogP contribution is 2.16. The van der Waals surface area contributed by atoms with Crippen LogP contribution in [0.15, 0.2) is 0 Å². The van der Waals surface area contributed by atoms with Gasteiger partial charge in [-0.15, -0.1) is 0 Å². The van der Waals surface area contributed by atoms with E-state index >= 15 is 0 Å². The first kappa shape index (κ1) is 8.33.